The van der Waals surface area contributed by atoms with Crippen LogP contribution in [0.3, 0.4) is 0 Å². The number of nitrogens with two attached hydrogens (primary N) is 1. The van der Waals surface area contributed by atoms with Crippen molar-refractivity contribution < 1.29 is 12.8 Å². The number of fused-ring (bicyclic) bond motifs is 1. The van der Waals surface area contributed by atoms with E-state index < -0.39 is 15.8 Å². The van der Waals surface area contributed by atoms with Crippen LogP contribution in [0.5, 0.6) is 0 Å². The van der Waals surface area contributed by atoms with E-state index in [1.165, 1.54) is 24.3 Å². The number of nitrogens with zero attached hydrogens (tertiary/aromatic N) is 2. The fourth-order valence-electron chi connectivity index (χ4n) is 4.81. The lowest BCUT2D eigenvalue weighted by molar-refractivity contribution is 0.410. The second kappa shape index (κ2) is 10.8. The van der Waals surface area contributed by atoms with Crippen LogP contribution >= 0.6 is 11.6 Å². The summed E-state index contributed by atoms with van der Waals surface area (Å²) in [6.07, 6.45) is 6.50. The summed E-state index contributed by atoms with van der Waals surface area (Å²) < 4.78 is 42.9. The van der Waals surface area contributed by atoms with E-state index in [-0.39, 0.29) is 21.6 Å². The van der Waals surface area contributed by atoms with Gasteiger partial charge in [0.25, 0.3) is 10.0 Å². The van der Waals surface area contributed by atoms with Crippen LogP contribution in [0.4, 0.5) is 16.0 Å². The van der Waals surface area contributed by atoms with Crippen molar-refractivity contribution in [2.45, 2.75) is 56.0 Å². The van der Waals surface area contributed by atoms with Gasteiger partial charge in [0.1, 0.15) is 10.7 Å². The maximum atomic E-state index is 15.1. The molecule has 0 atom stereocenters. The summed E-state index contributed by atoms with van der Waals surface area (Å²) in [6.45, 7) is 2.05. The van der Waals surface area contributed by atoms with Gasteiger partial charge in [-0.1, -0.05) is 36.7 Å². The van der Waals surface area contributed by atoms with Crippen LogP contribution in [0.2, 0.25) is 5.02 Å². The zero-order valence-corrected chi connectivity index (χ0v) is 22.5. The van der Waals surface area contributed by atoms with E-state index in [9.17, 15) is 8.42 Å². The lowest BCUT2D eigenvalue weighted by Gasteiger charge is -2.26. The zero-order valence-electron chi connectivity index (χ0n) is 20.9. The summed E-state index contributed by atoms with van der Waals surface area (Å²) in [5.74, 6) is -0.0964. The van der Waals surface area contributed by atoms with Gasteiger partial charge in [-0.3, -0.25) is 4.72 Å². The molecular weight excluding hydrogens is 525 g/mol. The largest absolute Gasteiger partial charge is 0.351 e. The van der Waals surface area contributed by atoms with E-state index in [4.69, 9.17) is 22.3 Å². The van der Waals surface area contributed by atoms with Crippen LogP contribution in [-0.2, 0) is 16.4 Å². The lowest BCUT2D eigenvalue weighted by Crippen LogP contribution is -2.33. The number of anilines is 2. The molecule has 38 heavy (non-hydrogen) atoms. The summed E-state index contributed by atoms with van der Waals surface area (Å²) in [5, 5.41) is 4.35. The van der Waals surface area contributed by atoms with Crippen molar-refractivity contribution in [1.29, 1.82) is 0 Å². The lowest BCUT2D eigenvalue weighted by atomic mass is 9.92. The molecule has 0 radical (unpaired) electrons. The van der Waals surface area contributed by atoms with E-state index >= 15 is 4.39 Å². The first kappa shape index (κ1) is 26.3. The molecule has 0 amide bonds. The van der Waals surface area contributed by atoms with Gasteiger partial charge >= 0.3 is 0 Å². The Morgan fingerprint density at radius 3 is 2.53 bits per heavy atom. The number of aromatic nitrogens is 2. The first-order chi connectivity index (χ1) is 18.2. The molecule has 1 saturated carbocycles. The topological polar surface area (TPSA) is 110 Å². The van der Waals surface area contributed by atoms with Crippen molar-refractivity contribution in [3.63, 3.8) is 0 Å². The number of hydrogen-bond donors (Lipinski definition) is 3. The second-order valence-corrected chi connectivity index (χ2v) is 11.7. The summed E-state index contributed by atoms with van der Waals surface area (Å²) in [6, 6.07) is 14.9. The number of hydrogen-bond acceptors (Lipinski definition) is 6. The highest BCUT2D eigenvalue weighted by atomic mass is 35.5. The van der Waals surface area contributed by atoms with Gasteiger partial charge in [0.15, 0.2) is 0 Å². The zero-order chi connectivity index (χ0) is 26.9. The molecule has 1 aliphatic carbocycles. The van der Waals surface area contributed by atoms with E-state index in [2.05, 4.69) is 15.0 Å². The minimum absolute atomic E-state index is 0.0591. The number of nitrogens with one attached hydrogen (secondary N) is 2. The number of sulfonamides is 1. The molecule has 0 unspecified atom stereocenters. The Morgan fingerprint density at radius 2 is 1.82 bits per heavy atom. The average Bonchev–Trinajstić information content (AvgIpc) is 2.90. The van der Waals surface area contributed by atoms with E-state index in [0.29, 0.717) is 17.6 Å². The van der Waals surface area contributed by atoms with Crippen molar-refractivity contribution >= 4 is 44.2 Å². The molecule has 0 spiro atoms. The van der Waals surface area contributed by atoms with Crippen molar-refractivity contribution in [1.82, 2.24) is 9.97 Å². The molecular formula is C28H29ClFN5O2S. The van der Waals surface area contributed by atoms with E-state index in [0.717, 1.165) is 54.1 Å². The standard InChI is InChI=1S/C28H29ClFN5O2S/c1-2-17-13-19(14-20-16-32-28(34-27(17)20)33-22-10-8-21(31)9-11-22)18-7-12-25(24(30)15-18)35-38(36,37)26-6-4-3-5-23(26)29/h3-7,12-16,21-22,35H,2,8-11,31H2,1H3,(H,32,33,34). The highest BCUT2D eigenvalue weighted by Crippen LogP contribution is 2.31. The molecule has 1 aromatic heterocycles. The first-order valence-electron chi connectivity index (χ1n) is 12.6. The predicted molar refractivity (Wildman–Crippen MR) is 150 cm³/mol. The minimum atomic E-state index is -4.05. The molecule has 0 saturated heterocycles. The van der Waals surface area contributed by atoms with Crippen LogP contribution < -0.4 is 15.8 Å². The fourth-order valence-corrected chi connectivity index (χ4v) is 6.40. The van der Waals surface area contributed by atoms with Crippen molar-refractivity contribution in [3.05, 3.63) is 77.2 Å². The molecule has 4 aromatic rings. The Balaban J connectivity index is 1.41. The molecule has 1 aliphatic rings. The van der Waals surface area contributed by atoms with Gasteiger partial charge in [0, 0.05) is 23.7 Å². The maximum absolute atomic E-state index is 15.1. The third kappa shape index (κ3) is 5.60. The van der Waals surface area contributed by atoms with Gasteiger partial charge < -0.3 is 11.1 Å². The van der Waals surface area contributed by atoms with Crippen molar-refractivity contribution in [2.24, 2.45) is 5.73 Å². The van der Waals surface area contributed by atoms with Gasteiger partial charge in [-0.15, -0.1) is 0 Å². The molecule has 4 N–H and O–H groups in total. The molecule has 1 heterocycles. The van der Waals surface area contributed by atoms with Crippen LogP contribution in [0.15, 0.2) is 65.7 Å². The van der Waals surface area contributed by atoms with E-state index in [1.807, 2.05) is 19.1 Å². The van der Waals surface area contributed by atoms with Crippen LogP contribution in [-0.4, -0.2) is 30.5 Å². The summed E-state index contributed by atoms with van der Waals surface area (Å²) in [4.78, 5) is 9.19. The normalized spacial score (nSPS) is 17.9. The first-order valence-corrected chi connectivity index (χ1v) is 14.5. The van der Waals surface area contributed by atoms with Crippen LogP contribution in [0.1, 0.15) is 38.2 Å². The fraction of sp³-hybridized carbons (Fsp3) is 0.286. The van der Waals surface area contributed by atoms with Gasteiger partial charge in [-0.05, 0) is 85.2 Å². The van der Waals surface area contributed by atoms with Gasteiger partial charge in [0.05, 0.1) is 16.2 Å². The quantitative estimate of drug-likeness (QED) is 0.254. The third-order valence-corrected chi connectivity index (χ3v) is 8.79. The Hall–Kier alpha value is -3.27. The molecule has 5 rings (SSSR count). The molecule has 7 nitrogen and oxygen atoms in total. The smallest absolute Gasteiger partial charge is 0.263 e. The average molecular weight is 554 g/mol. The van der Waals surface area contributed by atoms with Crippen molar-refractivity contribution in [2.75, 3.05) is 10.0 Å². The third-order valence-electron chi connectivity index (χ3n) is 6.92. The van der Waals surface area contributed by atoms with Gasteiger partial charge in [-0.2, -0.15) is 0 Å². The van der Waals surface area contributed by atoms with Gasteiger partial charge in [-0.25, -0.2) is 22.8 Å². The number of aryl methyl sites for hydroxylation is 1. The Kier molecular flexibility index (Phi) is 7.52. The molecule has 0 aliphatic heterocycles. The number of halogens is 2. The minimum Gasteiger partial charge on any atom is -0.351 e. The summed E-state index contributed by atoms with van der Waals surface area (Å²) in [7, 11) is -4.05. The Bertz CT molecular complexity index is 1590. The SMILES string of the molecule is CCc1cc(-c2ccc(NS(=O)(=O)c3ccccc3Cl)c(F)c2)cc2cnc(NC3CCC(N)CC3)nc12. The molecule has 1 fully saturated rings. The molecule has 0 bridgehead atoms. The second-order valence-electron chi connectivity index (χ2n) is 9.61. The summed E-state index contributed by atoms with van der Waals surface area (Å²) in [5.41, 5.74) is 9.13. The predicted octanol–water partition coefficient (Wildman–Crippen LogP) is 6.13. The summed E-state index contributed by atoms with van der Waals surface area (Å²) >= 11 is 6.03. The van der Waals surface area contributed by atoms with Gasteiger partial charge in [0.2, 0.25) is 5.95 Å². The van der Waals surface area contributed by atoms with Crippen molar-refractivity contribution in [3.8, 4) is 11.1 Å². The Morgan fingerprint density at radius 1 is 1.05 bits per heavy atom. The molecule has 3 aromatic carbocycles. The number of benzene rings is 3. The van der Waals surface area contributed by atoms with Crippen LogP contribution in [0.25, 0.3) is 22.0 Å². The monoisotopic (exact) mass is 553 g/mol. The molecule has 198 valence electrons. The van der Waals surface area contributed by atoms with E-state index in [1.54, 1.807) is 24.4 Å². The highest BCUT2D eigenvalue weighted by molar-refractivity contribution is 7.92. The number of rotatable bonds is 7. The van der Waals surface area contributed by atoms with Crippen LogP contribution in [0, 0.1) is 5.82 Å². The maximum Gasteiger partial charge on any atom is 0.263 e. The highest BCUT2D eigenvalue weighted by Gasteiger charge is 2.21. The Labute approximate surface area is 226 Å². The molecule has 10 heteroatoms.